The summed E-state index contributed by atoms with van der Waals surface area (Å²) in [4.78, 5) is 25.9. The summed E-state index contributed by atoms with van der Waals surface area (Å²) < 4.78 is 59.2. The fourth-order valence-corrected chi connectivity index (χ4v) is 7.26. The summed E-state index contributed by atoms with van der Waals surface area (Å²) >= 11 is 0. The Morgan fingerprint density at radius 1 is 1.24 bits per heavy atom. The Morgan fingerprint density at radius 2 is 1.96 bits per heavy atom. The number of imidazole rings is 1. The maximum atomic E-state index is 15.0. The number of nitrogens with one attached hydrogen (secondary N) is 1. The molecule has 252 valence electrons. The number of rotatable bonds is 13. The van der Waals surface area contributed by atoms with Gasteiger partial charge in [0, 0.05) is 0 Å². The van der Waals surface area contributed by atoms with Crippen LogP contribution in [0.25, 0.3) is 11.2 Å². The molecule has 2 aliphatic rings. The van der Waals surface area contributed by atoms with E-state index >= 15 is 0 Å². The average molecular weight is 666 g/mol. The van der Waals surface area contributed by atoms with Crippen LogP contribution in [0.5, 0.6) is 11.6 Å². The van der Waals surface area contributed by atoms with Crippen molar-refractivity contribution < 1.29 is 47.2 Å². The number of para-hydroxylation sites is 1. The Morgan fingerprint density at radius 3 is 2.63 bits per heavy atom. The lowest BCUT2D eigenvalue weighted by molar-refractivity contribution is -0.152. The molecule has 16 heteroatoms. The van der Waals surface area contributed by atoms with Crippen LogP contribution in [0.1, 0.15) is 64.9 Å². The van der Waals surface area contributed by atoms with Gasteiger partial charge in [0.1, 0.15) is 42.1 Å². The summed E-state index contributed by atoms with van der Waals surface area (Å²) in [6.07, 6.45) is 2.23. The predicted octanol–water partition coefficient (Wildman–Crippen LogP) is 3.94. The number of halogens is 1. The molecule has 1 saturated carbocycles. The first-order valence-electron chi connectivity index (χ1n) is 15.4. The van der Waals surface area contributed by atoms with E-state index in [9.17, 15) is 24.0 Å². The minimum absolute atomic E-state index is 0.142. The van der Waals surface area contributed by atoms with Crippen LogP contribution in [0.15, 0.2) is 36.7 Å². The van der Waals surface area contributed by atoms with E-state index in [0.29, 0.717) is 12.4 Å². The fourth-order valence-electron chi connectivity index (χ4n) is 5.72. The van der Waals surface area contributed by atoms with Crippen LogP contribution in [-0.2, 0) is 23.4 Å². The first-order chi connectivity index (χ1) is 21.9. The van der Waals surface area contributed by atoms with Crippen LogP contribution in [0.3, 0.4) is 0 Å². The zero-order valence-electron chi connectivity index (χ0n) is 26.3. The lowest BCUT2D eigenvalue weighted by Gasteiger charge is -2.32. The number of carbonyl (C=O) groups is 1. The third-order valence-corrected chi connectivity index (χ3v) is 9.77. The maximum absolute atomic E-state index is 15.0. The van der Waals surface area contributed by atoms with Gasteiger partial charge in [-0.05, 0) is 65.5 Å². The Labute approximate surface area is 266 Å². The molecule has 2 fully saturated rings. The van der Waals surface area contributed by atoms with Gasteiger partial charge in [-0.15, -0.1) is 0 Å². The van der Waals surface area contributed by atoms with Gasteiger partial charge in [0.05, 0.1) is 19.5 Å². The average Bonchev–Trinajstić information content (AvgIpc) is 3.53. The van der Waals surface area contributed by atoms with Crippen molar-refractivity contribution in [1.29, 1.82) is 0 Å². The number of benzene rings is 1. The molecular formula is C30H41FN5O9P. The predicted molar refractivity (Wildman–Crippen MR) is 163 cm³/mol. The van der Waals surface area contributed by atoms with Crippen molar-refractivity contribution in [3.8, 4) is 11.6 Å². The lowest BCUT2D eigenvalue weighted by atomic mass is 9.88. The molecule has 0 spiro atoms. The quantitative estimate of drug-likeness (QED) is 0.177. The first kappa shape index (κ1) is 34.1. The van der Waals surface area contributed by atoms with Crippen molar-refractivity contribution in [3.05, 3.63) is 42.5 Å². The lowest BCUT2D eigenvalue weighted by Crippen LogP contribution is -2.53. The number of hydrogen-bond donors (Lipinski definition) is 3. The Bertz CT molecular complexity index is 1550. The molecule has 2 aromatic heterocycles. The van der Waals surface area contributed by atoms with E-state index in [-0.39, 0.29) is 28.9 Å². The van der Waals surface area contributed by atoms with Crippen molar-refractivity contribution in [1.82, 2.24) is 24.6 Å². The molecule has 0 bridgehead atoms. The van der Waals surface area contributed by atoms with Gasteiger partial charge in [-0.1, -0.05) is 24.6 Å². The van der Waals surface area contributed by atoms with Crippen LogP contribution >= 0.6 is 7.75 Å². The smallest absolute Gasteiger partial charge is 0.459 e. The van der Waals surface area contributed by atoms with Gasteiger partial charge >= 0.3 is 13.7 Å². The maximum Gasteiger partial charge on any atom is 0.459 e. The molecule has 1 aromatic carbocycles. The van der Waals surface area contributed by atoms with E-state index in [2.05, 4.69) is 20.0 Å². The SMILES string of the molecule is CCOc1nc(C)nc2c1ncn2[C@@H]1O[C@](CF)(COP(=O)(NC(C)C(=O)OC2CCCCC2)Oc2ccccc2)[C@@H](O)[C@@]1(C)O. The van der Waals surface area contributed by atoms with Crippen molar-refractivity contribution in [2.45, 2.75) is 95.5 Å². The Hall–Kier alpha value is -3.20. The van der Waals surface area contributed by atoms with Crippen LogP contribution in [0.4, 0.5) is 4.39 Å². The number of nitrogens with zero attached hydrogens (tertiary/aromatic N) is 4. The van der Waals surface area contributed by atoms with Crippen LogP contribution in [0, 0.1) is 6.92 Å². The fraction of sp³-hybridized carbons (Fsp3) is 0.600. The van der Waals surface area contributed by atoms with E-state index in [0.717, 1.165) is 32.1 Å². The second-order valence-corrected chi connectivity index (χ2v) is 13.5. The summed E-state index contributed by atoms with van der Waals surface area (Å²) in [6, 6.07) is 6.94. The Balaban J connectivity index is 1.40. The number of alkyl halides is 1. The Kier molecular flexibility index (Phi) is 10.3. The number of aliphatic hydroxyl groups is 2. The van der Waals surface area contributed by atoms with Gasteiger partial charge in [-0.3, -0.25) is 13.9 Å². The third-order valence-electron chi connectivity index (χ3n) is 8.15. The van der Waals surface area contributed by atoms with E-state index in [1.807, 2.05) is 0 Å². The van der Waals surface area contributed by atoms with Gasteiger partial charge in [0.15, 0.2) is 23.0 Å². The summed E-state index contributed by atoms with van der Waals surface area (Å²) in [5.74, 6) is 0.0483. The molecule has 3 N–H and O–H groups in total. The number of aryl methyl sites for hydroxylation is 1. The van der Waals surface area contributed by atoms with E-state index in [1.54, 1.807) is 32.0 Å². The van der Waals surface area contributed by atoms with Crippen molar-refractivity contribution in [2.24, 2.45) is 0 Å². The third kappa shape index (κ3) is 7.04. The van der Waals surface area contributed by atoms with Crippen LogP contribution in [0.2, 0.25) is 0 Å². The number of aromatic nitrogens is 4. The number of hydrogen-bond acceptors (Lipinski definition) is 12. The molecule has 1 saturated heterocycles. The molecule has 5 rings (SSSR count). The van der Waals surface area contributed by atoms with E-state index in [4.69, 9.17) is 23.3 Å². The molecule has 46 heavy (non-hydrogen) atoms. The first-order valence-corrected chi connectivity index (χ1v) is 16.9. The molecule has 14 nitrogen and oxygen atoms in total. The highest BCUT2D eigenvalue weighted by molar-refractivity contribution is 7.52. The van der Waals surface area contributed by atoms with Crippen molar-refractivity contribution >= 4 is 24.9 Å². The number of fused-ring (bicyclic) bond motifs is 1. The highest BCUT2D eigenvalue weighted by Gasteiger charge is 2.63. The summed E-state index contributed by atoms with van der Waals surface area (Å²) in [5, 5.41) is 25.4. The monoisotopic (exact) mass is 665 g/mol. The number of aliphatic hydroxyl groups excluding tert-OH is 1. The highest BCUT2D eigenvalue weighted by atomic mass is 31.2. The molecule has 3 heterocycles. The number of carbonyl (C=O) groups excluding carboxylic acids is 1. The zero-order valence-corrected chi connectivity index (χ0v) is 27.2. The standard InChI is InChI=1S/C30H41FN5O9P/c1-5-41-25-23-24(33-20(3)34-25)36(18-32-23)28-29(4,39)27(38)30(16-31,44-28)17-42-46(40,45-22-14-10-7-11-15-22)35-19(2)26(37)43-21-12-8-6-9-13-21/h7,10-11,14-15,18-19,21,27-28,38-39H,5-6,8-9,12-13,16-17H2,1-4H3,(H,35,40)/t19?,27-,28+,29+,30+,46?/m0/s1. The summed E-state index contributed by atoms with van der Waals surface area (Å²) in [6.45, 7) is 4.27. The minimum atomic E-state index is -4.47. The second kappa shape index (κ2) is 13.9. The highest BCUT2D eigenvalue weighted by Crippen LogP contribution is 2.50. The normalized spacial score (nSPS) is 27.3. The van der Waals surface area contributed by atoms with Gasteiger partial charge in [-0.2, -0.15) is 10.1 Å². The molecule has 2 unspecified atom stereocenters. The van der Waals surface area contributed by atoms with Gasteiger partial charge < -0.3 is 28.9 Å². The largest absolute Gasteiger partial charge is 0.476 e. The molecule has 0 amide bonds. The zero-order chi connectivity index (χ0) is 33.1. The molecule has 1 aliphatic heterocycles. The minimum Gasteiger partial charge on any atom is -0.476 e. The van der Waals surface area contributed by atoms with Crippen LogP contribution in [-0.4, -0.2) is 85.0 Å². The van der Waals surface area contributed by atoms with E-state index < -0.39 is 56.6 Å². The summed E-state index contributed by atoms with van der Waals surface area (Å²) in [7, 11) is -4.47. The number of ether oxygens (including phenoxy) is 3. The van der Waals surface area contributed by atoms with Crippen LogP contribution < -0.4 is 14.3 Å². The molecule has 3 aromatic rings. The topological polar surface area (TPSA) is 176 Å². The molecule has 1 aliphatic carbocycles. The molecular weight excluding hydrogens is 624 g/mol. The van der Waals surface area contributed by atoms with Gasteiger partial charge in [-0.25, -0.2) is 18.9 Å². The van der Waals surface area contributed by atoms with Gasteiger partial charge in [0.2, 0.25) is 5.88 Å². The van der Waals surface area contributed by atoms with Gasteiger partial charge in [0.25, 0.3) is 0 Å². The van der Waals surface area contributed by atoms with E-state index in [1.165, 1.54) is 36.9 Å². The summed E-state index contributed by atoms with van der Waals surface area (Å²) in [5.41, 5.74) is -3.84. The van der Waals surface area contributed by atoms with Crippen molar-refractivity contribution in [3.63, 3.8) is 0 Å². The molecule has 6 atom stereocenters. The van der Waals surface area contributed by atoms with Crippen molar-refractivity contribution in [2.75, 3.05) is 19.9 Å². The molecule has 0 radical (unpaired) electrons. The number of esters is 1. The second-order valence-electron chi connectivity index (χ2n) is 11.9.